The number of nitro groups is 1. The summed E-state index contributed by atoms with van der Waals surface area (Å²) in [4.78, 5) is 33.4. The predicted molar refractivity (Wildman–Crippen MR) is 96.3 cm³/mol. The van der Waals surface area contributed by atoms with Gasteiger partial charge in [-0.1, -0.05) is 6.07 Å². The molecule has 0 heterocycles. The molecule has 0 spiro atoms. The first-order valence-electron chi connectivity index (χ1n) is 7.70. The van der Waals surface area contributed by atoms with Gasteiger partial charge in [0.1, 0.15) is 10.7 Å². The van der Waals surface area contributed by atoms with Crippen LogP contribution in [0.4, 0.5) is 15.8 Å². The molecule has 0 radical (unpaired) electrons. The molecule has 1 N–H and O–H groups in total. The van der Waals surface area contributed by atoms with Gasteiger partial charge in [-0.05, 0) is 36.8 Å². The smallest absolute Gasteiger partial charge is 0.338 e. The molecule has 0 saturated heterocycles. The van der Waals surface area contributed by atoms with Gasteiger partial charge < -0.3 is 10.1 Å². The van der Waals surface area contributed by atoms with Crippen molar-refractivity contribution in [1.29, 1.82) is 0 Å². The van der Waals surface area contributed by atoms with E-state index in [1.165, 1.54) is 12.1 Å². The maximum atomic E-state index is 13.7. The van der Waals surface area contributed by atoms with E-state index in [-0.39, 0.29) is 11.3 Å². The van der Waals surface area contributed by atoms with Crippen molar-refractivity contribution in [2.45, 2.75) is 11.8 Å². The fourth-order valence-corrected chi connectivity index (χ4v) is 3.05. The summed E-state index contributed by atoms with van der Waals surface area (Å²) in [6.07, 6.45) is 0.794. The maximum absolute atomic E-state index is 13.7. The SMILES string of the molecule is Cc1ccc(NC(=O)COC(=O)c2ccc(S(C)(=O)=O)c([N+](=O)[O-])c2)c(F)c1. The summed E-state index contributed by atoms with van der Waals surface area (Å²) in [5.41, 5.74) is -0.544. The van der Waals surface area contributed by atoms with Crippen LogP contribution in [0.15, 0.2) is 41.3 Å². The normalized spacial score (nSPS) is 11.0. The molecule has 1 amide bonds. The molecule has 0 atom stereocenters. The molecule has 28 heavy (non-hydrogen) atoms. The second kappa shape index (κ2) is 8.13. The van der Waals surface area contributed by atoms with Crippen molar-refractivity contribution in [2.75, 3.05) is 18.2 Å². The van der Waals surface area contributed by atoms with Crippen molar-refractivity contribution < 1.29 is 32.1 Å². The number of nitrogens with one attached hydrogen (secondary N) is 1. The third-order valence-corrected chi connectivity index (χ3v) is 4.67. The van der Waals surface area contributed by atoms with Crippen LogP contribution in [0.1, 0.15) is 15.9 Å². The van der Waals surface area contributed by atoms with Gasteiger partial charge in [-0.25, -0.2) is 17.6 Å². The molecule has 9 nitrogen and oxygen atoms in total. The van der Waals surface area contributed by atoms with Crippen LogP contribution >= 0.6 is 0 Å². The zero-order valence-electron chi connectivity index (χ0n) is 14.8. The number of aryl methyl sites for hydroxylation is 1. The summed E-state index contributed by atoms with van der Waals surface area (Å²) in [6.45, 7) is 0.901. The number of hydrogen-bond donors (Lipinski definition) is 1. The predicted octanol–water partition coefficient (Wildman–Crippen LogP) is 2.24. The Labute approximate surface area is 159 Å². The minimum atomic E-state index is -3.88. The van der Waals surface area contributed by atoms with E-state index in [2.05, 4.69) is 5.32 Å². The first-order chi connectivity index (χ1) is 13.0. The lowest BCUT2D eigenvalue weighted by Gasteiger charge is -2.08. The van der Waals surface area contributed by atoms with E-state index < -0.39 is 49.6 Å². The Balaban J connectivity index is 2.09. The highest BCUT2D eigenvalue weighted by atomic mass is 32.2. The second-order valence-electron chi connectivity index (χ2n) is 5.82. The molecule has 0 aliphatic rings. The highest BCUT2D eigenvalue weighted by Gasteiger charge is 2.24. The van der Waals surface area contributed by atoms with Gasteiger partial charge in [0.15, 0.2) is 16.4 Å². The number of halogens is 1. The van der Waals surface area contributed by atoms with E-state index in [0.717, 1.165) is 24.5 Å². The molecule has 11 heteroatoms. The highest BCUT2D eigenvalue weighted by molar-refractivity contribution is 7.90. The van der Waals surface area contributed by atoms with Crippen LogP contribution < -0.4 is 5.32 Å². The Kier molecular flexibility index (Phi) is 6.09. The van der Waals surface area contributed by atoms with E-state index in [9.17, 15) is 32.5 Å². The number of esters is 1. The van der Waals surface area contributed by atoms with E-state index in [1.807, 2.05) is 0 Å². The summed E-state index contributed by atoms with van der Waals surface area (Å²) in [5, 5.41) is 13.3. The van der Waals surface area contributed by atoms with E-state index in [4.69, 9.17) is 4.74 Å². The van der Waals surface area contributed by atoms with Crippen LogP contribution in [0.25, 0.3) is 0 Å². The lowest BCUT2D eigenvalue weighted by molar-refractivity contribution is -0.387. The van der Waals surface area contributed by atoms with E-state index >= 15 is 0 Å². The molecule has 0 aliphatic carbocycles. The van der Waals surface area contributed by atoms with E-state index in [0.29, 0.717) is 5.56 Å². The molecule has 0 fully saturated rings. The maximum Gasteiger partial charge on any atom is 0.338 e. The Hall–Kier alpha value is -3.34. The first-order valence-corrected chi connectivity index (χ1v) is 9.60. The molecular weight excluding hydrogens is 395 g/mol. The van der Waals surface area contributed by atoms with Crippen molar-refractivity contribution in [3.8, 4) is 0 Å². The molecule has 2 rings (SSSR count). The van der Waals surface area contributed by atoms with Crippen LogP contribution in [-0.4, -0.2) is 38.1 Å². The molecule has 2 aromatic rings. The Morgan fingerprint density at radius 2 is 1.89 bits per heavy atom. The summed E-state index contributed by atoms with van der Waals surface area (Å²) in [7, 11) is -3.88. The highest BCUT2D eigenvalue weighted by Crippen LogP contribution is 2.25. The standard InChI is InChI=1S/C17H15FN2O7S/c1-10-3-5-13(12(18)7-10)19-16(21)9-27-17(22)11-4-6-15(28(2,25)26)14(8-11)20(23)24/h3-8H,9H2,1-2H3,(H,19,21). The monoisotopic (exact) mass is 410 g/mol. The first kappa shape index (κ1) is 21.0. The average molecular weight is 410 g/mol. The number of carbonyl (C=O) groups excluding carboxylic acids is 2. The lowest BCUT2D eigenvalue weighted by atomic mass is 10.2. The minimum Gasteiger partial charge on any atom is -0.452 e. The molecule has 0 saturated carbocycles. The molecule has 0 bridgehead atoms. The van der Waals surface area contributed by atoms with Gasteiger partial charge in [0.2, 0.25) is 0 Å². The number of carbonyl (C=O) groups is 2. The van der Waals surface area contributed by atoms with Gasteiger partial charge >= 0.3 is 5.97 Å². The Bertz CT molecular complexity index is 1070. The summed E-state index contributed by atoms with van der Waals surface area (Å²) < 4.78 is 41.6. The third kappa shape index (κ3) is 5.10. The molecule has 148 valence electrons. The number of nitrogens with zero attached hydrogens (tertiary/aromatic N) is 1. The van der Waals surface area contributed by atoms with Crippen LogP contribution in [0.3, 0.4) is 0 Å². The number of sulfone groups is 1. The summed E-state index contributed by atoms with van der Waals surface area (Å²) >= 11 is 0. The van der Waals surface area contributed by atoms with Gasteiger partial charge in [-0.3, -0.25) is 14.9 Å². The largest absolute Gasteiger partial charge is 0.452 e. The van der Waals surface area contributed by atoms with Gasteiger partial charge in [0.05, 0.1) is 16.2 Å². The summed E-state index contributed by atoms with van der Waals surface area (Å²) in [6, 6.07) is 6.82. The van der Waals surface area contributed by atoms with Crippen LogP contribution in [0.5, 0.6) is 0 Å². The molecular formula is C17H15FN2O7S. The number of rotatable bonds is 6. The number of anilines is 1. The molecule has 2 aromatic carbocycles. The van der Waals surface area contributed by atoms with Gasteiger partial charge in [0.25, 0.3) is 11.6 Å². The zero-order chi connectivity index (χ0) is 21.1. The lowest BCUT2D eigenvalue weighted by Crippen LogP contribution is -2.21. The number of benzene rings is 2. The average Bonchev–Trinajstić information content (AvgIpc) is 2.60. The van der Waals surface area contributed by atoms with Crippen LogP contribution in [0, 0.1) is 22.9 Å². The fraction of sp³-hybridized carbons (Fsp3) is 0.176. The molecule has 0 unspecified atom stereocenters. The second-order valence-corrected chi connectivity index (χ2v) is 7.80. The van der Waals surface area contributed by atoms with Crippen molar-refractivity contribution in [1.82, 2.24) is 0 Å². The van der Waals surface area contributed by atoms with Crippen molar-refractivity contribution in [3.63, 3.8) is 0 Å². The van der Waals surface area contributed by atoms with Crippen molar-refractivity contribution >= 4 is 33.1 Å². The number of hydrogen-bond acceptors (Lipinski definition) is 7. The molecule has 0 aliphatic heterocycles. The fourth-order valence-electron chi connectivity index (χ4n) is 2.22. The number of ether oxygens (including phenoxy) is 1. The van der Waals surface area contributed by atoms with E-state index in [1.54, 1.807) is 13.0 Å². The number of amides is 1. The minimum absolute atomic E-state index is 0.0974. The zero-order valence-corrected chi connectivity index (χ0v) is 15.6. The quantitative estimate of drug-likeness (QED) is 0.439. The third-order valence-electron chi connectivity index (χ3n) is 3.52. The van der Waals surface area contributed by atoms with Crippen molar-refractivity contribution in [2.24, 2.45) is 0 Å². The van der Waals surface area contributed by atoms with Gasteiger partial charge in [-0.2, -0.15) is 0 Å². The van der Waals surface area contributed by atoms with Crippen LogP contribution in [0.2, 0.25) is 0 Å². The number of nitro benzene ring substituents is 1. The summed E-state index contributed by atoms with van der Waals surface area (Å²) in [5.74, 6) is -2.56. The van der Waals surface area contributed by atoms with Gasteiger partial charge in [-0.15, -0.1) is 0 Å². The molecule has 0 aromatic heterocycles. The van der Waals surface area contributed by atoms with Crippen molar-refractivity contribution in [3.05, 3.63) is 63.5 Å². The topological polar surface area (TPSA) is 133 Å². The Morgan fingerprint density at radius 1 is 1.21 bits per heavy atom. The van der Waals surface area contributed by atoms with Crippen LogP contribution in [-0.2, 0) is 19.4 Å². The van der Waals surface area contributed by atoms with Gasteiger partial charge in [0, 0.05) is 12.3 Å². The Morgan fingerprint density at radius 3 is 2.46 bits per heavy atom.